The van der Waals surface area contributed by atoms with E-state index < -0.39 is 11.7 Å². The third-order valence-corrected chi connectivity index (χ3v) is 5.72. The summed E-state index contributed by atoms with van der Waals surface area (Å²) in [7, 11) is 3.09. The minimum atomic E-state index is -4.67. The van der Waals surface area contributed by atoms with Crippen molar-refractivity contribution in [2.75, 3.05) is 13.7 Å². The maximum atomic E-state index is 14.0. The normalized spacial score (nSPS) is 12.5. The molecule has 0 aliphatic heterocycles. The van der Waals surface area contributed by atoms with Gasteiger partial charge >= 0.3 is 6.18 Å². The van der Waals surface area contributed by atoms with E-state index in [4.69, 9.17) is 9.47 Å². The van der Waals surface area contributed by atoms with Crippen LogP contribution in [0, 0.1) is 0 Å². The summed E-state index contributed by atoms with van der Waals surface area (Å²) in [6.45, 7) is 1.51. The van der Waals surface area contributed by atoms with E-state index in [-0.39, 0.29) is 47.3 Å². The van der Waals surface area contributed by atoms with Gasteiger partial charge in [0.1, 0.15) is 18.1 Å². The molecule has 2 heterocycles. The summed E-state index contributed by atoms with van der Waals surface area (Å²) in [5, 5.41) is 4.17. The van der Waals surface area contributed by atoms with Gasteiger partial charge in [-0.1, -0.05) is 49.4 Å². The van der Waals surface area contributed by atoms with Gasteiger partial charge in [-0.15, -0.1) is 0 Å². The van der Waals surface area contributed by atoms with Gasteiger partial charge in [0.2, 0.25) is 5.88 Å². The molecular weight excluding hydrogens is 459 g/mol. The first kappa shape index (κ1) is 24.3. The maximum Gasteiger partial charge on any atom is 0.417 e. The number of nitrogens with zero attached hydrogens (tertiary/aromatic N) is 3. The Hall–Kier alpha value is -3.88. The zero-order valence-corrected chi connectivity index (χ0v) is 19.5. The molecule has 0 N–H and O–H groups in total. The molecule has 0 fully saturated rings. The first-order chi connectivity index (χ1) is 16.7. The number of benzene rings is 2. The number of methoxy groups -OCH3 is 1. The molecule has 9 heteroatoms. The van der Waals surface area contributed by atoms with E-state index in [0.717, 1.165) is 11.6 Å². The molecule has 0 radical (unpaired) electrons. The number of fused-ring (bicyclic) bond motifs is 1. The van der Waals surface area contributed by atoms with Gasteiger partial charge in [0, 0.05) is 25.1 Å². The highest BCUT2D eigenvalue weighted by Gasteiger charge is 2.36. The first-order valence-electron chi connectivity index (χ1n) is 11.0. The first-order valence-corrected chi connectivity index (χ1v) is 11.0. The molecule has 182 valence electrons. The molecule has 0 amide bonds. The lowest BCUT2D eigenvalue weighted by Crippen LogP contribution is -2.15. The number of Topliss-reactive ketones (excluding diaryl/α,β-unsaturated/α-hetero) is 1. The van der Waals surface area contributed by atoms with Crippen LogP contribution in [-0.4, -0.2) is 34.3 Å². The largest absolute Gasteiger partial charge is 0.497 e. The molecule has 0 aliphatic carbocycles. The fourth-order valence-corrected chi connectivity index (χ4v) is 3.92. The molecule has 0 saturated heterocycles. The van der Waals surface area contributed by atoms with Crippen molar-refractivity contribution in [3.05, 3.63) is 71.8 Å². The number of hydrogen-bond donors (Lipinski definition) is 0. The van der Waals surface area contributed by atoms with Crippen LogP contribution < -0.4 is 9.47 Å². The van der Waals surface area contributed by atoms with Crippen LogP contribution in [0.25, 0.3) is 22.3 Å². The predicted octanol–water partition coefficient (Wildman–Crippen LogP) is 5.80. The van der Waals surface area contributed by atoms with E-state index in [2.05, 4.69) is 10.1 Å². The van der Waals surface area contributed by atoms with Crippen molar-refractivity contribution in [3.8, 4) is 22.9 Å². The Morgan fingerprint density at radius 3 is 2.40 bits per heavy atom. The van der Waals surface area contributed by atoms with Crippen LogP contribution >= 0.6 is 0 Å². The Bertz CT molecular complexity index is 1330. The summed E-state index contributed by atoms with van der Waals surface area (Å²) in [4.78, 5) is 16.7. The number of ketones is 1. The Morgan fingerprint density at radius 2 is 1.77 bits per heavy atom. The van der Waals surface area contributed by atoms with Crippen LogP contribution in [0.4, 0.5) is 13.2 Å². The number of aromatic nitrogens is 3. The van der Waals surface area contributed by atoms with Gasteiger partial charge in [0.05, 0.1) is 18.1 Å². The van der Waals surface area contributed by atoms with Crippen LogP contribution in [0.2, 0.25) is 0 Å². The highest BCUT2D eigenvalue weighted by molar-refractivity contribution is 5.94. The van der Waals surface area contributed by atoms with Crippen molar-refractivity contribution in [3.63, 3.8) is 0 Å². The molecule has 6 nitrogen and oxygen atoms in total. The molecule has 0 aliphatic rings. The van der Waals surface area contributed by atoms with Gasteiger partial charge in [-0.05, 0) is 23.6 Å². The minimum absolute atomic E-state index is 0.0210. The molecule has 4 aromatic rings. The summed E-state index contributed by atoms with van der Waals surface area (Å²) in [6, 6.07) is 16.8. The molecule has 35 heavy (non-hydrogen) atoms. The summed E-state index contributed by atoms with van der Waals surface area (Å²) in [6.07, 6.45) is -4.50. The number of alkyl halides is 3. The third kappa shape index (κ3) is 5.29. The van der Waals surface area contributed by atoms with Gasteiger partial charge in [-0.3, -0.25) is 4.79 Å². The smallest absolute Gasteiger partial charge is 0.417 e. The summed E-state index contributed by atoms with van der Waals surface area (Å²) in [5.41, 5.74) is 0.776. The maximum absolute atomic E-state index is 14.0. The summed E-state index contributed by atoms with van der Waals surface area (Å²) in [5.74, 6) is 0.0865. The van der Waals surface area contributed by atoms with E-state index in [1.807, 2.05) is 31.2 Å². The number of carbonyl (C=O) groups excluding carboxylic acids is 1. The summed E-state index contributed by atoms with van der Waals surface area (Å²) < 4.78 is 53.9. The summed E-state index contributed by atoms with van der Waals surface area (Å²) >= 11 is 0. The Morgan fingerprint density at radius 1 is 1.09 bits per heavy atom. The number of aryl methyl sites for hydroxylation is 1. The van der Waals surface area contributed by atoms with Gasteiger partial charge < -0.3 is 9.47 Å². The van der Waals surface area contributed by atoms with Crippen molar-refractivity contribution >= 4 is 16.8 Å². The van der Waals surface area contributed by atoms with Crippen molar-refractivity contribution in [1.82, 2.24) is 14.8 Å². The van der Waals surface area contributed by atoms with Crippen molar-refractivity contribution in [2.24, 2.45) is 7.05 Å². The average Bonchev–Trinajstić information content (AvgIpc) is 3.18. The second-order valence-electron chi connectivity index (χ2n) is 8.25. The molecule has 0 saturated carbocycles. The molecule has 0 bridgehead atoms. The standard InChI is InChI=1S/C26H24F3N3O3/c1-16(17-9-11-20(34-3)12-10-17)13-19(33)15-35-22-14-21(26(27,28)29)23-24(18-7-5-4-6-8-18)31-32(2)25(23)30-22/h4-12,14,16H,13,15H2,1-3H3/t16-/m1/s1. The van der Waals surface area contributed by atoms with Crippen LogP contribution in [0.5, 0.6) is 11.6 Å². The second kappa shape index (κ2) is 9.77. The molecule has 1 atom stereocenters. The number of ether oxygens (including phenoxy) is 2. The monoisotopic (exact) mass is 483 g/mol. The van der Waals surface area contributed by atoms with E-state index in [9.17, 15) is 18.0 Å². The predicted molar refractivity (Wildman–Crippen MR) is 125 cm³/mol. The quantitative estimate of drug-likeness (QED) is 0.317. The highest BCUT2D eigenvalue weighted by atomic mass is 19.4. The van der Waals surface area contributed by atoms with E-state index in [1.54, 1.807) is 37.4 Å². The molecule has 2 aromatic heterocycles. The third-order valence-electron chi connectivity index (χ3n) is 5.72. The lowest BCUT2D eigenvalue weighted by atomic mass is 9.96. The zero-order valence-electron chi connectivity index (χ0n) is 19.5. The van der Waals surface area contributed by atoms with Gasteiger partial charge in [0.25, 0.3) is 0 Å². The topological polar surface area (TPSA) is 66.2 Å². The van der Waals surface area contributed by atoms with E-state index in [1.165, 1.54) is 11.7 Å². The number of carbonyl (C=O) groups is 1. The van der Waals surface area contributed by atoms with Gasteiger partial charge in [-0.25, -0.2) is 4.68 Å². The number of hydrogen-bond acceptors (Lipinski definition) is 5. The van der Waals surface area contributed by atoms with Crippen molar-refractivity contribution in [2.45, 2.75) is 25.4 Å². The molecule has 0 unspecified atom stereocenters. The lowest BCUT2D eigenvalue weighted by molar-refractivity contribution is -0.136. The van der Waals surface area contributed by atoms with Crippen LogP contribution in [0.3, 0.4) is 0 Å². The Balaban J connectivity index is 1.57. The highest BCUT2D eigenvalue weighted by Crippen LogP contribution is 2.40. The van der Waals surface area contributed by atoms with Gasteiger partial charge in [0.15, 0.2) is 11.4 Å². The average molecular weight is 483 g/mol. The van der Waals surface area contributed by atoms with Crippen LogP contribution in [0.15, 0.2) is 60.7 Å². The molecule has 4 rings (SSSR count). The van der Waals surface area contributed by atoms with Crippen LogP contribution in [-0.2, 0) is 18.0 Å². The molecule has 0 spiro atoms. The fourth-order valence-electron chi connectivity index (χ4n) is 3.92. The SMILES string of the molecule is COc1ccc([C@H](C)CC(=O)COc2cc(C(F)(F)F)c3c(-c4ccccc4)nn(C)c3n2)cc1. The van der Waals surface area contributed by atoms with Gasteiger partial charge in [-0.2, -0.15) is 23.3 Å². The Labute approximate surface area is 200 Å². The minimum Gasteiger partial charge on any atom is -0.497 e. The zero-order chi connectivity index (χ0) is 25.2. The van der Waals surface area contributed by atoms with Crippen LogP contribution in [0.1, 0.15) is 30.4 Å². The van der Waals surface area contributed by atoms with Crippen molar-refractivity contribution in [1.29, 1.82) is 0 Å². The molecular formula is C26H24F3N3O3. The second-order valence-corrected chi connectivity index (χ2v) is 8.25. The fraction of sp³-hybridized carbons (Fsp3) is 0.269. The lowest BCUT2D eigenvalue weighted by Gasteiger charge is -2.14. The number of halogens is 3. The number of rotatable bonds is 8. The number of pyridine rings is 1. The molecule has 2 aromatic carbocycles. The Kier molecular flexibility index (Phi) is 6.77. The van der Waals surface area contributed by atoms with E-state index >= 15 is 0 Å². The van der Waals surface area contributed by atoms with Crippen molar-refractivity contribution < 1.29 is 27.4 Å². The van der Waals surface area contributed by atoms with E-state index in [0.29, 0.717) is 11.3 Å².